The summed E-state index contributed by atoms with van der Waals surface area (Å²) < 4.78 is 6.11. The third-order valence-corrected chi connectivity index (χ3v) is 6.87. The summed E-state index contributed by atoms with van der Waals surface area (Å²) in [5, 5.41) is 0. The lowest BCUT2D eigenvalue weighted by Gasteiger charge is -2.15. The van der Waals surface area contributed by atoms with Crippen LogP contribution >= 0.6 is 20.6 Å². The van der Waals surface area contributed by atoms with Crippen molar-refractivity contribution in [3.05, 3.63) is 41.2 Å². The van der Waals surface area contributed by atoms with Crippen LogP contribution in [0, 0.1) is 0 Å². The molecular formula is C13H12OS2. The van der Waals surface area contributed by atoms with E-state index in [-0.39, 0.29) is 9.80 Å². The molecular weight excluding hydrogens is 236 g/mol. The van der Waals surface area contributed by atoms with Crippen molar-refractivity contribution in [3.8, 4) is 0 Å². The minimum absolute atomic E-state index is 0.0250. The standard InChI is InChI=1S/C13H12OS2/c1-3-7-11-9(5-1)13-10-6-2-4-8-12(10)15-16(13)14-11/h2,4,6,8H,1,3,5,7H2. The van der Waals surface area contributed by atoms with Crippen LogP contribution in [-0.2, 0) is 4.18 Å². The Kier molecular flexibility index (Phi) is 2.00. The lowest BCUT2D eigenvalue weighted by atomic mass is 9.92. The van der Waals surface area contributed by atoms with Gasteiger partial charge in [0.15, 0.2) is 0 Å². The molecule has 1 aliphatic carbocycles. The van der Waals surface area contributed by atoms with E-state index in [2.05, 4.69) is 24.3 Å². The van der Waals surface area contributed by atoms with E-state index < -0.39 is 0 Å². The van der Waals surface area contributed by atoms with E-state index in [1.165, 1.54) is 45.9 Å². The summed E-state index contributed by atoms with van der Waals surface area (Å²) in [6.07, 6.45) is 5.01. The van der Waals surface area contributed by atoms with Crippen LogP contribution in [0.25, 0.3) is 0 Å². The zero-order valence-electron chi connectivity index (χ0n) is 8.86. The molecule has 3 aliphatic rings. The van der Waals surface area contributed by atoms with Crippen LogP contribution in [0.4, 0.5) is 0 Å². The first-order chi connectivity index (χ1) is 7.93. The molecule has 0 amide bonds. The van der Waals surface area contributed by atoms with Crippen molar-refractivity contribution < 1.29 is 4.18 Å². The topological polar surface area (TPSA) is 9.23 Å². The van der Waals surface area contributed by atoms with Crippen molar-refractivity contribution in [2.24, 2.45) is 0 Å². The smallest absolute Gasteiger partial charge is 0.119 e. The number of hydrogen-bond donors (Lipinski definition) is 0. The Morgan fingerprint density at radius 3 is 3.00 bits per heavy atom. The van der Waals surface area contributed by atoms with Gasteiger partial charge in [-0.3, -0.25) is 0 Å². The van der Waals surface area contributed by atoms with Crippen LogP contribution in [-0.4, -0.2) is 4.86 Å². The van der Waals surface area contributed by atoms with Gasteiger partial charge in [-0.25, -0.2) is 0 Å². The first-order valence-corrected chi connectivity index (χ1v) is 8.21. The molecule has 16 heavy (non-hydrogen) atoms. The van der Waals surface area contributed by atoms with E-state index in [1.807, 2.05) is 10.8 Å². The Hall–Kier alpha value is -0.670. The average molecular weight is 248 g/mol. The third-order valence-electron chi connectivity index (χ3n) is 3.33. The average Bonchev–Trinajstić information content (AvgIpc) is 2.83. The van der Waals surface area contributed by atoms with Crippen LogP contribution in [0.5, 0.6) is 0 Å². The molecule has 82 valence electrons. The molecule has 1 aromatic rings. The van der Waals surface area contributed by atoms with Gasteiger partial charge < -0.3 is 4.18 Å². The minimum Gasteiger partial charge on any atom is -0.427 e. The zero-order valence-corrected chi connectivity index (χ0v) is 10.5. The van der Waals surface area contributed by atoms with Gasteiger partial charge in [0.05, 0.1) is 14.7 Å². The van der Waals surface area contributed by atoms with Gasteiger partial charge in [-0.05, 0) is 36.1 Å². The Labute approximate surface area is 101 Å². The van der Waals surface area contributed by atoms with E-state index in [0.29, 0.717) is 0 Å². The number of allylic oxidation sites excluding steroid dienone is 2. The number of hydrogen-bond acceptors (Lipinski definition) is 2. The van der Waals surface area contributed by atoms with Crippen molar-refractivity contribution >= 4 is 25.5 Å². The Morgan fingerprint density at radius 2 is 2.00 bits per heavy atom. The summed E-state index contributed by atoms with van der Waals surface area (Å²) in [4.78, 5) is 2.91. The van der Waals surface area contributed by atoms with Crippen molar-refractivity contribution in [3.63, 3.8) is 0 Å². The fourth-order valence-corrected chi connectivity index (χ4v) is 6.62. The highest BCUT2D eigenvalue weighted by atomic mass is 33.1. The van der Waals surface area contributed by atoms with Gasteiger partial charge in [0, 0.05) is 22.5 Å². The predicted molar refractivity (Wildman–Crippen MR) is 70.6 cm³/mol. The fraction of sp³-hybridized carbons (Fsp3) is 0.308. The molecule has 1 aromatic carbocycles. The Bertz CT molecular complexity index is 543. The monoisotopic (exact) mass is 248 g/mol. The van der Waals surface area contributed by atoms with E-state index >= 15 is 0 Å². The van der Waals surface area contributed by atoms with Gasteiger partial charge in [-0.1, -0.05) is 18.2 Å². The van der Waals surface area contributed by atoms with Gasteiger partial charge in [0.1, 0.15) is 5.76 Å². The first kappa shape index (κ1) is 9.37. The molecule has 0 saturated carbocycles. The van der Waals surface area contributed by atoms with Crippen molar-refractivity contribution in [2.45, 2.75) is 30.6 Å². The number of rotatable bonds is 0. The van der Waals surface area contributed by atoms with Crippen molar-refractivity contribution in [1.82, 2.24) is 0 Å². The van der Waals surface area contributed by atoms with Crippen molar-refractivity contribution in [1.29, 1.82) is 0 Å². The van der Waals surface area contributed by atoms with Gasteiger partial charge >= 0.3 is 0 Å². The van der Waals surface area contributed by atoms with E-state index in [4.69, 9.17) is 4.18 Å². The lowest BCUT2D eigenvalue weighted by molar-refractivity contribution is 0.444. The maximum Gasteiger partial charge on any atom is 0.119 e. The molecule has 0 fully saturated rings. The zero-order chi connectivity index (χ0) is 10.5. The van der Waals surface area contributed by atoms with Gasteiger partial charge in [0.25, 0.3) is 0 Å². The van der Waals surface area contributed by atoms with Gasteiger partial charge in [0.2, 0.25) is 0 Å². The number of fused-ring (bicyclic) bond motifs is 3. The van der Waals surface area contributed by atoms with E-state index in [0.717, 1.165) is 6.42 Å². The van der Waals surface area contributed by atoms with Crippen LogP contribution < -0.4 is 0 Å². The second-order valence-corrected chi connectivity index (χ2v) is 7.39. The first-order valence-electron chi connectivity index (χ1n) is 5.73. The molecule has 0 N–H and O–H groups in total. The van der Waals surface area contributed by atoms with Gasteiger partial charge in [-0.2, -0.15) is 0 Å². The predicted octanol–water partition coefficient (Wildman–Crippen LogP) is 4.27. The van der Waals surface area contributed by atoms with E-state index in [1.54, 1.807) is 0 Å². The molecule has 1 atom stereocenters. The van der Waals surface area contributed by atoms with Crippen LogP contribution in [0.3, 0.4) is 0 Å². The summed E-state index contributed by atoms with van der Waals surface area (Å²) in [6, 6.07) is 8.72. The minimum atomic E-state index is -0.0250. The normalized spacial score (nSPS) is 26.2. The summed E-state index contributed by atoms with van der Waals surface area (Å²) in [5.74, 6) is 1.30. The highest BCUT2D eigenvalue weighted by Crippen LogP contribution is 2.57. The molecule has 2 aliphatic heterocycles. The number of benzene rings is 1. The highest BCUT2D eigenvalue weighted by molar-refractivity contribution is 8.82. The van der Waals surface area contributed by atoms with Crippen LogP contribution in [0.1, 0.15) is 31.2 Å². The summed E-state index contributed by atoms with van der Waals surface area (Å²) in [5.41, 5.74) is 2.97. The lowest BCUT2D eigenvalue weighted by Crippen LogP contribution is -2.06. The maximum absolute atomic E-state index is 6.11. The Balaban J connectivity index is 1.88. The largest absolute Gasteiger partial charge is 0.427 e. The van der Waals surface area contributed by atoms with Crippen LogP contribution in [0.15, 0.2) is 40.5 Å². The molecule has 0 saturated heterocycles. The van der Waals surface area contributed by atoms with Gasteiger partial charge in [-0.15, -0.1) is 0 Å². The molecule has 0 bridgehead atoms. The Morgan fingerprint density at radius 1 is 1.12 bits per heavy atom. The fourth-order valence-electron chi connectivity index (χ4n) is 2.56. The summed E-state index contributed by atoms with van der Waals surface area (Å²) in [7, 11) is 1.87. The third kappa shape index (κ3) is 1.19. The van der Waals surface area contributed by atoms with Crippen LogP contribution in [0.2, 0.25) is 0 Å². The maximum atomic E-state index is 6.11. The summed E-state index contributed by atoms with van der Waals surface area (Å²) in [6.45, 7) is 0. The van der Waals surface area contributed by atoms with E-state index in [9.17, 15) is 0 Å². The second-order valence-electron chi connectivity index (χ2n) is 4.34. The quantitative estimate of drug-likeness (QED) is 0.501. The molecule has 1 nitrogen and oxygen atoms in total. The molecule has 2 heterocycles. The highest BCUT2D eigenvalue weighted by Gasteiger charge is 2.34. The van der Waals surface area contributed by atoms with Crippen molar-refractivity contribution in [2.75, 3.05) is 0 Å². The molecule has 1 unspecified atom stereocenters. The second kappa shape index (κ2) is 3.41. The SMILES string of the molecule is c1ccc2c(c1)SS1=C2C2=C(CCCC2)O1. The molecule has 3 heteroatoms. The summed E-state index contributed by atoms with van der Waals surface area (Å²) >= 11 is 0. The molecule has 4 rings (SSSR count). The molecule has 0 aromatic heterocycles. The molecule has 0 radical (unpaired) electrons. The molecule has 0 spiro atoms.